The van der Waals surface area contributed by atoms with Crippen molar-refractivity contribution in [3.05, 3.63) is 65.4 Å². The number of hydrogen-bond donors (Lipinski definition) is 2. The Morgan fingerprint density at radius 2 is 2.00 bits per heavy atom. The summed E-state index contributed by atoms with van der Waals surface area (Å²) in [6.45, 7) is 3.16. The molecule has 1 heterocycles. The maximum atomic E-state index is 5.80. The number of aromatic nitrogens is 1. The molecule has 1 aromatic heterocycles. The molecule has 0 saturated carbocycles. The maximum Gasteiger partial charge on any atom is 0.128 e. The monoisotopic (exact) mass is 266 g/mol. The summed E-state index contributed by atoms with van der Waals surface area (Å²) in [5.41, 5.74) is 10.2. The number of hydrogen-bond acceptors (Lipinski definition) is 2. The maximum absolute atomic E-state index is 5.80. The zero-order valence-electron chi connectivity index (χ0n) is 11.5. The molecule has 3 aromatic rings. The molecule has 0 atom stereocenters. The number of aryl methyl sites for hydroxylation is 1. The Kier molecular flexibility index (Phi) is 3.44. The molecule has 0 amide bonds. The van der Waals surface area contributed by atoms with E-state index in [1.807, 2.05) is 24.3 Å². The number of nitrogens with two attached hydrogens (primary N) is 1. The number of H-pyrrole nitrogens is 1. The van der Waals surface area contributed by atoms with Crippen LogP contribution in [0, 0.1) is 6.92 Å². The number of ether oxygens (including phenoxy) is 1. The number of benzene rings is 2. The Bertz CT molecular complexity index is 731. The quantitative estimate of drug-likeness (QED) is 0.759. The van der Waals surface area contributed by atoms with Crippen LogP contribution in [0.3, 0.4) is 0 Å². The molecule has 0 saturated heterocycles. The first kappa shape index (κ1) is 12.8. The summed E-state index contributed by atoms with van der Waals surface area (Å²) < 4.78 is 5.80. The molecule has 0 radical (unpaired) electrons. The molecule has 0 aliphatic rings. The molecule has 3 rings (SSSR count). The number of rotatable bonds is 4. The summed E-state index contributed by atoms with van der Waals surface area (Å²) in [5.74, 6) is 0.895. The molecular formula is C17H18N2O. The van der Waals surface area contributed by atoms with E-state index in [0.29, 0.717) is 13.2 Å². The smallest absolute Gasteiger partial charge is 0.128 e. The van der Waals surface area contributed by atoms with Crippen LogP contribution in [0.5, 0.6) is 5.75 Å². The number of fused-ring (bicyclic) bond motifs is 1. The molecular weight excluding hydrogens is 248 g/mol. The topological polar surface area (TPSA) is 51.0 Å². The highest BCUT2D eigenvalue weighted by Crippen LogP contribution is 2.19. The minimum absolute atomic E-state index is 0.538. The fraction of sp³-hybridized carbons (Fsp3) is 0.176. The third-order valence-electron chi connectivity index (χ3n) is 3.36. The minimum Gasteiger partial charge on any atom is -0.487 e. The Balaban J connectivity index is 1.77. The SMILES string of the molecule is Cc1cccc(OCc2cc3cc(CN)ccc3[nH]2)c1. The van der Waals surface area contributed by atoms with Crippen LogP contribution in [-0.4, -0.2) is 4.98 Å². The number of aromatic amines is 1. The highest BCUT2D eigenvalue weighted by Gasteiger charge is 2.03. The van der Waals surface area contributed by atoms with Gasteiger partial charge in [-0.1, -0.05) is 18.2 Å². The van der Waals surface area contributed by atoms with Crippen LogP contribution < -0.4 is 10.5 Å². The first-order chi connectivity index (χ1) is 9.74. The molecule has 20 heavy (non-hydrogen) atoms. The minimum atomic E-state index is 0.538. The molecule has 0 aliphatic heterocycles. The van der Waals surface area contributed by atoms with Gasteiger partial charge in [0.05, 0.1) is 5.69 Å². The second-order valence-electron chi connectivity index (χ2n) is 5.03. The zero-order valence-corrected chi connectivity index (χ0v) is 11.5. The van der Waals surface area contributed by atoms with Crippen molar-refractivity contribution in [1.82, 2.24) is 4.98 Å². The predicted molar refractivity (Wildman–Crippen MR) is 81.7 cm³/mol. The van der Waals surface area contributed by atoms with Crippen molar-refractivity contribution in [2.24, 2.45) is 5.73 Å². The van der Waals surface area contributed by atoms with Crippen molar-refractivity contribution in [3.63, 3.8) is 0 Å². The molecule has 3 N–H and O–H groups in total. The van der Waals surface area contributed by atoms with E-state index >= 15 is 0 Å². The van der Waals surface area contributed by atoms with E-state index in [9.17, 15) is 0 Å². The molecule has 0 unspecified atom stereocenters. The van der Waals surface area contributed by atoms with Crippen molar-refractivity contribution in [3.8, 4) is 5.75 Å². The Hall–Kier alpha value is -2.26. The summed E-state index contributed by atoms with van der Waals surface area (Å²) in [7, 11) is 0. The van der Waals surface area contributed by atoms with Crippen molar-refractivity contribution >= 4 is 10.9 Å². The van der Waals surface area contributed by atoms with E-state index in [-0.39, 0.29) is 0 Å². The Morgan fingerprint density at radius 3 is 2.80 bits per heavy atom. The van der Waals surface area contributed by atoms with Gasteiger partial charge in [-0.05, 0) is 48.4 Å². The van der Waals surface area contributed by atoms with Gasteiger partial charge in [0.2, 0.25) is 0 Å². The molecule has 0 bridgehead atoms. The van der Waals surface area contributed by atoms with Gasteiger partial charge in [-0.3, -0.25) is 0 Å². The predicted octanol–water partition coefficient (Wildman–Crippen LogP) is 3.51. The summed E-state index contributed by atoms with van der Waals surface area (Å²) in [6.07, 6.45) is 0. The van der Waals surface area contributed by atoms with Crippen LogP contribution in [0.4, 0.5) is 0 Å². The summed E-state index contributed by atoms with van der Waals surface area (Å²) in [5, 5.41) is 1.18. The lowest BCUT2D eigenvalue weighted by atomic mass is 10.1. The zero-order chi connectivity index (χ0) is 13.9. The van der Waals surface area contributed by atoms with Gasteiger partial charge in [0.25, 0.3) is 0 Å². The van der Waals surface area contributed by atoms with Crippen LogP contribution in [0.2, 0.25) is 0 Å². The van der Waals surface area contributed by atoms with E-state index in [2.05, 4.69) is 36.2 Å². The van der Waals surface area contributed by atoms with Crippen molar-refractivity contribution in [2.75, 3.05) is 0 Å². The first-order valence-electron chi connectivity index (χ1n) is 6.74. The van der Waals surface area contributed by atoms with Crippen molar-refractivity contribution in [2.45, 2.75) is 20.1 Å². The van der Waals surface area contributed by atoms with Gasteiger partial charge in [-0.15, -0.1) is 0 Å². The van der Waals surface area contributed by atoms with E-state index < -0.39 is 0 Å². The van der Waals surface area contributed by atoms with Crippen molar-refractivity contribution in [1.29, 1.82) is 0 Å². The lowest BCUT2D eigenvalue weighted by molar-refractivity contribution is 0.302. The Morgan fingerprint density at radius 1 is 1.10 bits per heavy atom. The molecule has 0 fully saturated rings. The van der Waals surface area contributed by atoms with Gasteiger partial charge in [-0.25, -0.2) is 0 Å². The molecule has 102 valence electrons. The lowest BCUT2D eigenvalue weighted by Gasteiger charge is -2.05. The second-order valence-corrected chi connectivity index (χ2v) is 5.03. The van der Waals surface area contributed by atoms with Crippen LogP contribution in [0.25, 0.3) is 10.9 Å². The molecule has 3 heteroatoms. The fourth-order valence-corrected chi connectivity index (χ4v) is 2.31. The number of nitrogens with one attached hydrogen (secondary N) is 1. The summed E-state index contributed by atoms with van der Waals surface area (Å²) >= 11 is 0. The summed E-state index contributed by atoms with van der Waals surface area (Å²) in [4.78, 5) is 3.37. The molecule has 3 nitrogen and oxygen atoms in total. The van der Waals surface area contributed by atoms with Crippen LogP contribution in [0.1, 0.15) is 16.8 Å². The van der Waals surface area contributed by atoms with E-state index in [4.69, 9.17) is 10.5 Å². The second kappa shape index (κ2) is 5.39. The van der Waals surface area contributed by atoms with Crippen LogP contribution in [-0.2, 0) is 13.2 Å². The van der Waals surface area contributed by atoms with E-state index in [1.165, 1.54) is 10.9 Å². The molecule has 0 aliphatic carbocycles. The average Bonchev–Trinajstić information content (AvgIpc) is 2.87. The highest BCUT2D eigenvalue weighted by atomic mass is 16.5. The molecule has 2 aromatic carbocycles. The van der Waals surface area contributed by atoms with Crippen molar-refractivity contribution < 1.29 is 4.74 Å². The fourth-order valence-electron chi connectivity index (χ4n) is 2.31. The van der Waals surface area contributed by atoms with Gasteiger partial charge in [0.1, 0.15) is 12.4 Å². The van der Waals surface area contributed by atoms with Crippen LogP contribution >= 0.6 is 0 Å². The van der Waals surface area contributed by atoms with Gasteiger partial charge < -0.3 is 15.5 Å². The molecule has 0 spiro atoms. The first-order valence-corrected chi connectivity index (χ1v) is 6.74. The van der Waals surface area contributed by atoms with Crippen LogP contribution in [0.15, 0.2) is 48.5 Å². The third kappa shape index (κ3) is 2.68. The standard InChI is InChI=1S/C17H18N2O/c1-12-3-2-4-16(7-12)20-11-15-9-14-8-13(10-18)5-6-17(14)19-15/h2-9,19H,10-11,18H2,1H3. The van der Waals surface area contributed by atoms with E-state index in [1.54, 1.807) is 0 Å². The van der Waals surface area contributed by atoms with Gasteiger partial charge in [-0.2, -0.15) is 0 Å². The van der Waals surface area contributed by atoms with Gasteiger partial charge in [0, 0.05) is 17.4 Å². The van der Waals surface area contributed by atoms with Gasteiger partial charge >= 0.3 is 0 Å². The van der Waals surface area contributed by atoms with E-state index in [0.717, 1.165) is 22.5 Å². The third-order valence-corrected chi connectivity index (χ3v) is 3.36. The van der Waals surface area contributed by atoms with Gasteiger partial charge in [0.15, 0.2) is 0 Å². The Labute approximate surface area is 118 Å². The summed E-state index contributed by atoms with van der Waals surface area (Å²) in [6, 6.07) is 16.4. The average molecular weight is 266 g/mol. The largest absolute Gasteiger partial charge is 0.487 e. The normalized spacial score (nSPS) is 10.9. The highest BCUT2D eigenvalue weighted by molar-refractivity contribution is 5.81. The lowest BCUT2D eigenvalue weighted by Crippen LogP contribution is -1.95.